The van der Waals surface area contributed by atoms with E-state index in [1.807, 2.05) is 0 Å². The highest BCUT2D eigenvalue weighted by Crippen LogP contribution is 2.29. The monoisotopic (exact) mass is 246 g/mol. The zero-order valence-corrected chi connectivity index (χ0v) is 12.0. The molecule has 0 spiro atoms. The molecule has 0 aliphatic carbocycles. The molecule has 1 fully saturated rings. The molecular formula is C16H22O2. The maximum atomic E-state index is 12.6. The van der Waals surface area contributed by atoms with Crippen molar-refractivity contribution in [1.29, 1.82) is 0 Å². The van der Waals surface area contributed by atoms with E-state index in [-0.39, 0.29) is 11.9 Å². The van der Waals surface area contributed by atoms with E-state index in [1.165, 1.54) is 16.7 Å². The second-order valence-electron chi connectivity index (χ2n) is 5.37. The summed E-state index contributed by atoms with van der Waals surface area (Å²) in [6.45, 7) is 11.2. The van der Waals surface area contributed by atoms with Crippen LogP contribution in [-0.2, 0) is 4.74 Å². The molecule has 1 aliphatic heterocycles. The van der Waals surface area contributed by atoms with Crippen LogP contribution in [0.15, 0.2) is 0 Å². The molecule has 0 amide bonds. The lowest BCUT2D eigenvalue weighted by molar-refractivity contribution is 0.0641. The number of carbonyl (C=O) groups is 1. The molecule has 18 heavy (non-hydrogen) atoms. The molecule has 1 aromatic rings. The minimum Gasteiger partial charge on any atom is -0.370 e. The largest absolute Gasteiger partial charge is 0.370 e. The molecule has 1 heterocycles. The normalized spacial score (nSPS) is 19.3. The maximum absolute atomic E-state index is 12.6. The van der Waals surface area contributed by atoms with Crippen LogP contribution in [0.5, 0.6) is 0 Å². The van der Waals surface area contributed by atoms with Gasteiger partial charge in [-0.05, 0) is 75.3 Å². The van der Waals surface area contributed by atoms with Gasteiger partial charge in [0.05, 0.1) is 0 Å². The van der Waals surface area contributed by atoms with Gasteiger partial charge in [-0.2, -0.15) is 0 Å². The number of benzene rings is 1. The van der Waals surface area contributed by atoms with Crippen molar-refractivity contribution in [2.45, 2.75) is 53.6 Å². The first-order chi connectivity index (χ1) is 8.45. The van der Waals surface area contributed by atoms with Crippen LogP contribution in [0.1, 0.15) is 51.0 Å². The summed E-state index contributed by atoms with van der Waals surface area (Å²) in [7, 11) is 0. The maximum Gasteiger partial charge on any atom is 0.192 e. The van der Waals surface area contributed by atoms with E-state index < -0.39 is 0 Å². The number of ketones is 1. The van der Waals surface area contributed by atoms with Crippen molar-refractivity contribution in [1.82, 2.24) is 0 Å². The molecule has 1 aromatic carbocycles. The van der Waals surface area contributed by atoms with Gasteiger partial charge in [-0.25, -0.2) is 0 Å². The Labute approximate surface area is 109 Å². The zero-order valence-electron chi connectivity index (χ0n) is 12.0. The SMILES string of the molecule is Cc1c(C)c(C)c(C(=O)C2CCCO2)c(C)c1C. The molecule has 0 N–H and O–H groups in total. The first kappa shape index (κ1) is 13.3. The fourth-order valence-corrected chi connectivity index (χ4v) is 2.82. The topological polar surface area (TPSA) is 26.3 Å². The summed E-state index contributed by atoms with van der Waals surface area (Å²) in [6.07, 6.45) is 1.64. The lowest BCUT2D eigenvalue weighted by Crippen LogP contribution is -2.22. The van der Waals surface area contributed by atoms with Crippen LogP contribution in [0, 0.1) is 34.6 Å². The molecule has 1 unspecified atom stereocenters. The van der Waals surface area contributed by atoms with Crippen LogP contribution >= 0.6 is 0 Å². The quantitative estimate of drug-likeness (QED) is 0.745. The zero-order chi connectivity index (χ0) is 13.4. The molecule has 1 aliphatic rings. The molecule has 0 saturated carbocycles. The highest BCUT2D eigenvalue weighted by molar-refractivity contribution is 6.02. The highest BCUT2D eigenvalue weighted by Gasteiger charge is 2.28. The highest BCUT2D eigenvalue weighted by atomic mass is 16.5. The number of Topliss-reactive ketones (excluding diaryl/α,β-unsaturated/α-hetero) is 1. The number of carbonyl (C=O) groups excluding carboxylic acids is 1. The smallest absolute Gasteiger partial charge is 0.192 e. The van der Waals surface area contributed by atoms with Gasteiger partial charge in [-0.3, -0.25) is 4.79 Å². The van der Waals surface area contributed by atoms with Gasteiger partial charge in [0.2, 0.25) is 0 Å². The fraction of sp³-hybridized carbons (Fsp3) is 0.562. The Morgan fingerprint density at radius 2 is 1.44 bits per heavy atom. The first-order valence-electron chi connectivity index (χ1n) is 6.68. The number of hydrogen-bond acceptors (Lipinski definition) is 2. The van der Waals surface area contributed by atoms with Gasteiger partial charge < -0.3 is 4.74 Å². The lowest BCUT2D eigenvalue weighted by atomic mass is 9.86. The van der Waals surface area contributed by atoms with Crippen LogP contribution in [0.25, 0.3) is 0 Å². The van der Waals surface area contributed by atoms with Gasteiger partial charge in [0.15, 0.2) is 5.78 Å². The molecule has 2 heteroatoms. The molecular weight excluding hydrogens is 224 g/mol. The van der Waals surface area contributed by atoms with Gasteiger partial charge in [-0.15, -0.1) is 0 Å². The minimum absolute atomic E-state index is 0.175. The Kier molecular flexibility index (Phi) is 3.58. The van der Waals surface area contributed by atoms with E-state index in [4.69, 9.17) is 4.74 Å². The van der Waals surface area contributed by atoms with Crippen molar-refractivity contribution < 1.29 is 9.53 Å². The molecule has 0 bridgehead atoms. The van der Waals surface area contributed by atoms with Gasteiger partial charge in [-0.1, -0.05) is 0 Å². The summed E-state index contributed by atoms with van der Waals surface area (Å²) in [4.78, 5) is 12.6. The molecule has 0 radical (unpaired) electrons. The van der Waals surface area contributed by atoms with Gasteiger partial charge in [0.25, 0.3) is 0 Å². The summed E-state index contributed by atoms with van der Waals surface area (Å²) in [5.41, 5.74) is 6.91. The standard InChI is InChI=1S/C16H22O2/c1-9-10(2)12(4)15(13(5)11(9)3)16(17)14-7-6-8-18-14/h14H,6-8H2,1-5H3. The predicted octanol–water partition coefficient (Wildman–Crippen LogP) is 3.59. The Morgan fingerprint density at radius 1 is 0.944 bits per heavy atom. The van der Waals surface area contributed by atoms with Crippen LogP contribution < -0.4 is 0 Å². The van der Waals surface area contributed by atoms with Crippen molar-refractivity contribution in [3.63, 3.8) is 0 Å². The average Bonchev–Trinajstić information content (AvgIpc) is 2.88. The van der Waals surface area contributed by atoms with E-state index in [9.17, 15) is 4.79 Å². The molecule has 1 atom stereocenters. The third-order valence-corrected chi connectivity index (χ3v) is 4.47. The molecule has 1 saturated heterocycles. The molecule has 2 rings (SSSR count). The lowest BCUT2D eigenvalue weighted by Gasteiger charge is -2.19. The molecule has 0 aromatic heterocycles. The Hall–Kier alpha value is -1.15. The van der Waals surface area contributed by atoms with Crippen molar-refractivity contribution >= 4 is 5.78 Å². The average molecular weight is 246 g/mol. The van der Waals surface area contributed by atoms with Gasteiger partial charge >= 0.3 is 0 Å². The van der Waals surface area contributed by atoms with Crippen LogP contribution in [0.4, 0.5) is 0 Å². The van der Waals surface area contributed by atoms with Crippen molar-refractivity contribution in [2.24, 2.45) is 0 Å². The van der Waals surface area contributed by atoms with Crippen molar-refractivity contribution in [3.05, 3.63) is 33.4 Å². The first-order valence-corrected chi connectivity index (χ1v) is 6.68. The number of ether oxygens (including phenoxy) is 1. The van der Waals surface area contributed by atoms with Crippen LogP contribution in [0.2, 0.25) is 0 Å². The molecule has 2 nitrogen and oxygen atoms in total. The van der Waals surface area contributed by atoms with Crippen molar-refractivity contribution in [3.8, 4) is 0 Å². The Morgan fingerprint density at radius 3 is 1.89 bits per heavy atom. The van der Waals surface area contributed by atoms with Crippen molar-refractivity contribution in [2.75, 3.05) is 6.61 Å². The fourth-order valence-electron chi connectivity index (χ4n) is 2.82. The number of rotatable bonds is 2. The summed E-state index contributed by atoms with van der Waals surface area (Å²) in [5, 5.41) is 0. The van der Waals surface area contributed by atoms with Gasteiger partial charge in [0, 0.05) is 12.2 Å². The summed E-state index contributed by atoms with van der Waals surface area (Å²) in [6, 6.07) is 0. The summed E-state index contributed by atoms with van der Waals surface area (Å²) < 4.78 is 5.54. The third-order valence-electron chi connectivity index (χ3n) is 4.47. The third kappa shape index (κ3) is 1.99. The number of hydrogen-bond donors (Lipinski definition) is 0. The van der Waals surface area contributed by atoms with Crippen LogP contribution in [-0.4, -0.2) is 18.5 Å². The second-order valence-corrected chi connectivity index (χ2v) is 5.37. The van der Waals surface area contributed by atoms with Gasteiger partial charge in [0.1, 0.15) is 6.10 Å². The van der Waals surface area contributed by atoms with E-state index in [2.05, 4.69) is 34.6 Å². The Bertz CT molecular complexity index is 465. The molecule has 98 valence electrons. The van der Waals surface area contributed by atoms with E-state index in [0.29, 0.717) is 0 Å². The summed E-state index contributed by atoms with van der Waals surface area (Å²) >= 11 is 0. The van der Waals surface area contributed by atoms with E-state index in [1.54, 1.807) is 0 Å². The van der Waals surface area contributed by atoms with E-state index >= 15 is 0 Å². The van der Waals surface area contributed by atoms with E-state index in [0.717, 1.165) is 36.1 Å². The summed E-state index contributed by atoms with van der Waals surface area (Å²) in [5.74, 6) is 0.175. The predicted molar refractivity (Wildman–Crippen MR) is 73.4 cm³/mol. The Balaban J connectivity index is 2.53. The van der Waals surface area contributed by atoms with Crippen LogP contribution in [0.3, 0.4) is 0 Å². The second kappa shape index (κ2) is 4.85. The minimum atomic E-state index is -0.219.